The largest absolute Gasteiger partial charge is 0 e. The Balaban J connectivity index is 4.10. The highest BCUT2D eigenvalue weighted by molar-refractivity contribution is 8.01. The maximum atomic E-state index is 5.57. The second-order valence-electron chi connectivity index (χ2n) is 3.08. The average molecular weight is 141 g/mol. The monoisotopic (exact) mass is 143 g/mol. The molecule has 13 heteroatoms. The SMILES string of the molecule is [B]B([B])B([B])[B]B(B([B])[B])B([B])[B]. The van der Waals surface area contributed by atoms with E-state index in [1.54, 1.807) is 7.06 Å². The van der Waals surface area contributed by atoms with Gasteiger partial charge < -0.3 is 0 Å². The molecule has 0 spiro atoms. The number of rotatable bonds is 5. The van der Waals surface area contributed by atoms with E-state index >= 15 is 0 Å². The molecule has 0 atom stereocenters. The van der Waals surface area contributed by atoms with Crippen molar-refractivity contribution in [3.63, 3.8) is 0 Å². The minimum absolute atomic E-state index is 0.399. The van der Waals surface area contributed by atoms with Crippen LogP contribution in [0.4, 0.5) is 0 Å². The third-order valence-electron chi connectivity index (χ3n) is 1.78. The quantitative estimate of drug-likeness (QED) is 0.336. The van der Waals surface area contributed by atoms with E-state index in [1.165, 1.54) is 0 Å². The van der Waals surface area contributed by atoms with Crippen LogP contribution in [0.2, 0.25) is 0 Å². The minimum Gasteiger partial charge on any atom is 0 e. The Morgan fingerprint density at radius 2 is 1.00 bits per heavy atom. The Hall–Kier alpha value is 0.844. The molecule has 0 heterocycles. The maximum Gasteiger partial charge on any atom is 0 e. The summed E-state index contributed by atoms with van der Waals surface area (Å²) in [5.74, 6) is 0. The topological polar surface area (TPSA) is 0 Å². The summed E-state index contributed by atoms with van der Waals surface area (Å²) in [4.78, 5) is 0. The summed E-state index contributed by atoms with van der Waals surface area (Å²) in [5.41, 5.74) is 0. The zero-order valence-corrected chi connectivity index (χ0v) is 7.51. The highest BCUT2D eigenvalue weighted by atomic mass is 13.1. The Morgan fingerprint density at radius 3 is 1.23 bits per heavy atom. The summed E-state index contributed by atoms with van der Waals surface area (Å²) in [6, 6.07) is 0. The normalized spacial score (nSPS) is 8.62. The van der Waals surface area contributed by atoms with Crippen molar-refractivity contribution in [3.05, 3.63) is 0 Å². The summed E-state index contributed by atoms with van der Waals surface area (Å²) < 4.78 is 0. The van der Waals surface area contributed by atoms with Gasteiger partial charge in [0, 0.05) is 93.1 Å². The highest BCUT2D eigenvalue weighted by Crippen LogP contribution is 1.87. The smallest absolute Gasteiger partial charge is 0 e. The van der Waals surface area contributed by atoms with Crippen molar-refractivity contribution in [2.75, 3.05) is 0 Å². The van der Waals surface area contributed by atoms with E-state index in [0.29, 0.717) is 0 Å². The Morgan fingerprint density at radius 1 is 0.615 bits per heavy atom. The first-order valence-electron chi connectivity index (χ1n) is 4.00. The molecule has 0 N–H and O–H groups in total. The standard InChI is InChI=1S/B13/c1-9(2)12(7)8-13(10(3)4)11(5)6. The van der Waals surface area contributed by atoms with Gasteiger partial charge in [-0.2, -0.15) is 0 Å². The lowest BCUT2D eigenvalue weighted by molar-refractivity contribution is 3.51. The van der Waals surface area contributed by atoms with Crippen LogP contribution in [0.1, 0.15) is 0 Å². The molecule has 0 bridgehead atoms. The fraction of sp³-hybridized carbons (Fsp3) is 0. The lowest BCUT2D eigenvalue weighted by Crippen LogP contribution is -2.62. The molecule has 15 radical (unpaired) electrons. The van der Waals surface area contributed by atoms with E-state index in [0.717, 1.165) is 0 Å². The average Bonchev–Trinajstić information content (AvgIpc) is 1.97. The third kappa shape index (κ3) is 5.32. The van der Waals surface area contributed by atoms with Gasteiger partial charge in [-0.1, -0.05) is 0 Å². The van der Waals surface area contributed by atoms with Crippen molar-refractivity contribution in [2.45, 2.75) is 0 Å². The van der Waals surface area contributed by atoms with Gasteiger partial charge in [-0.15, -0.1) is 0 Å². The van der Waals surface area contributed by atoms with Crippen LogP contribution in [0.5, 0.6) is 0 Å². The molecule has 0 unspecified atom stereocenters. The van der Waals surface area contributed by atoms with Crippen LogP contribution in [0, 0.1) is 0 Å². The van der Waals surface area contributed by atoms with Crippen LogP contribution in [0.25, 0.3) is 0 Å². The summed E-state index contributed by atoms with van der Waals surface area (Å²) in [6.45, 7) is 0. The van der Waals surface area contributed by atoms with Crippen LogP contribution >= 0.6 is 0 Å². The van der Waals surface area contributed by atoms with E-state index in [1.807, 2.05) is 0 Å². The zero-order valence-electron chi connectivity index (χ0n) is 7.51. The molecule has 0 saturated heterocycles. The van der Waals surface area contributed by atoms with Crippen molar-refractivity contribution in [1.29, 1.82) is 0 Å². The van der Waals surface area contributed by atoms with Crippen molar-refractivity contribution < 1.29 is 0 Å². The summed E-state index contributed by atoms with van der Waals surface area (Å²) in [5, 5.41) is 0. The summed E-state index contributed by atoms with van der Waals surface area (Å²) in [7, 11) is 39.6. The van der Waals surface area contributed by atoms with Crippen LogP contribution in [0.15, 0.2) is 0 Å². The van der Waals surface area contributed by atoms with Crippen LogP contribution in [0.3, 0.4) is 0 Å². The molecule has 0 amide bonds. The van der Waals surface area contributed by atoms with Gasteiger partial charge in [0.1, 0.15) is 0 Å². The first-order chi connectivity index (χ1) is 5.86. The molecular weight excluding hydrogens is 141 g/mol. The third-order valence-corrected chi connectivity index (χ3v) is 1.78. The molecule has 0 aromatic rings. The van der Waals surface area contributed by atoms with E-state index in [2.05, 4.69) is 0 Å². The first-order valence-corrected chi connectivity index (χ1v) is 4.00. The van der Waals surface area contributed by atoms with E-state index in [-0.39, 0.29) is 0 Å². The maximum absolute atomic E-state index is 5.57. The van der Waals surface area contributed by atoms with Crippen LogP contribution in [-0.4, -0.2) is 93.1 Å². The molecule has 0 saturated carbocycles. The minimum atomic E-state index is -0.667. The molecule has 0 aliphatic rings. The zero-order chi connectivity index (χ0) is 10.6. The van der Waals surface area contributed by atoms with Gasteiger partial charge in [0.15, 0.2) is 0 Å². The van der Waals surface area contributed by atoms with Crippen molar-refractivity contribution in [1.82, 2.24) is 0 Å². The Bertz CT molecular complexity index is 114. The van der Waals surface area contributed by atoms with Gasteiger partial charge >= 0.3 is 0 Å². The molecule has 0 aromatic heterocycles. The second-order valence-corrected chi connectivity index (χ2v) is 3.08. The fourth-order valence-corrected chi connectivity index (χ4v) is 0.898. The van der Waals surface area contributed by atoms with Gasteiger partial charge in [0.2, 0.25) is 0 Å². The van der Waals surface area contributed by atoms with Gasteiger partial charge in [-0.05, 0) is 0 Å². The lowest BCUT2D eigenvalue weighted by atomic mass is 8.57. The van der Waals surface area contributed by atoms with E-state index in [9.17, 15) is 0 Å². The first kappa shape index (κ1) is 13.8. The molecule has 0 nitrogen and oxygen atoms in total. The van der Waals surface area contributed by atoms with Crippen molar-refractivity contribution >= 4 is 93.1 Å². The van der Waals surface area contributed by atoms with Gasteiger partial charge in [0.25, 0.3) is 0 Å². The second kappa shape index (κ2) is 6.35. The van der Waals surface area contributed by atoms with Crippen LogP contribution < -0.4 is 0 Å². The van der Waals surface area contributed by atoms with Gasteiger partial charge in [0.05, 0.1) is 0 Å². The molecule has 0 rings (SSSR count). The van der Waals surface area contributed by atoms with E-state index in [4.69, 9.17) is 54.2 Å². The predicted molar refractivity (Wildman–Crippen MR) is 74.8 cm³/mol. The van der Waals surface area contributed by atoms with Crippen molar-refractivity contribution in [3.8, 4) is 0 Å². The van der Waals surface area contributed by atoms with E-state index < -0.39 is 31.9 Å². The van der Waals surface area contributed by atoms with Gasteiger partial charge in [-0.25, -0.2) is 0 Å². The molecule has 0 aromatic carbocycles. The predicted octanol–water partition coefficient (Wildman–Crippen LogP) is -4.95. The summed E-state index contributed by atoms with van der Waals surface area (Å²) >= 11 is 0. The van der Waals surface area contributed by atoms with Crippen molar-refractivity contribution in [2.24, 2.45) is 0 Å². The molecule has 0 aliphatic carbocycles. The number of hydrogen-bond donors (Lipinski definition) is 0. The molecule has 0 aliphatic heterocycles. The lowest BCUT2D eigenvalue weighted by Gasteiger charge is -2.24. The molecule has 39 valence electrons. The van der Waals surface area contributed by atoms with Crippen LogP contribution in [-0.2, 0) is 0 Å². The van der Waals surface area contributed by atoms with Gasteiger partial charge in [-0.3, -0.25) is 0 Å². The Labute approximate surface area is 93.3 Å². The molecular formula is B13. The number of hydrogen-bond acceptors (Lipinski definition) is 0. The molecule has 13 heavy (non-hydrogen) atoms. The molecule has 0 fully saturated rings. The Kier molecular flexibility index (Phi) is 6.76. The summed E-state index contributed by atoms with van der Waals surface area (Å²) in [6.07, 6.45) is -2.91. The fourth-order valence-electron chi connectivity index (χ4n) is 0.898. The highest BCUT2D eigenvalue weighted by Gasteiger charge is 2.25.